The molecule has 0 radical (unpaired) electrons. The number of amides is 1. The second-order valence-electron chi connectivity index (χ2n) is 4.50. The number of nitrogens with zero attached hydrogens (tertiary/aromatic N) is 1. The fraction of sp³-hybridized carbons (Fsp3) is 0.500. The minimum absolute atomic E-state index is 0.0862. The van der Waals surface area contributed by atoms with Gasteiger partial charge in [-0.25, -0.2) is 4.98 Å². The number of nitrogens with one attached hydrogen (secondary N) is 2. The largest absolute Gasteiger partial charge is 0.379 e. The zero-order valence-corrected chi connectivity index (χ0v) is 10.1. The topological polar surface area (TPSA) is 63.2 Å². The summed E-state index contributed by atoms with van der Waals surface area (Å²) >= 11 is 0. The second kappa shape index (κ2) is 4.71. The number of aromatic nitrogens is 1. The highest BCUT2D eigenvalue weighted by atomic mass is 16.5. The van der Waals surface area contributed by atoms with Crippen LogP contribution in [0, 0.1) is 0 Å². The van der Waals surface area contributed by atoms with Gasteiger partial charge in [-0.15, -0.1) is 0 Å². The highest BCUT2D eigenvalue weighted by Crippen LogP contribution is 2.18. The lowest BCUT2D eigenvalue weighted by molar-refractivity contribution is 0.0890. The molecule has 0 bridgehead atoms. The van der Waals surface area contributed by atoms with Crippen molar-refractivity contribution in [1.29, 1.82) is 0 Å². The van der Waals surface area contributed by atoms with Crippen molar-refractivity contribution in [2.24, 2.45) is 0 Å². The van der Waals surface area contributed by atoms with Gasteiger partial charge in [-0.05, 0) is 25.5 Å². The van der Waals surface area contributed by atoms with Gasteiger partial charge in [-0.3, -0.25) is 4.79 Å². The molecule has 2 N–H and O–H groups in total. The van der Waals surface area contributed by atoms with Crippen molar-refractivity contribution >= 4 is 11.7 Å². The van der Waals surface area contributed by atoms with E-state index in [0.717, 1.165) is 6.42 Å². The van der Waals surface area contributed by atoms with Crippen LogP contribution < -0.4 is 10.6 Å². The molecule has 92 valence electrons. The van der Waals surface area contributed by atoms with E-state index in [0.29, 0.717) is 24.6 Å². The predicted octanol–water partition coefficient (Wildman–Crippen LogP) is 1.03. The maximum Gasteiger partial charge on any atom is 0.251 e. The lowest BCUT2D eigenvalue weighted by atomic mass is 10.0. The summed E-state index contributed by atoms with van der Waals surface area (Å²) in [5, 5.41) is 5.91. The van der Waals surface area contributed by atoms with Gasteiger partial charge in [-0.1, -0.05) is 0 Å². The molecule has 2 heterocycles. The molecular formula is C12H17N3O2. The number of pyridine rings is 1. The fourth-order valence-electron chi connectivity index (χ4n) is 1.82. The summed E-state index contributed by atoms with van der Waals surface area (Å²) in [6, 6.07) is 3.43. The SMILES string of the molecule is CNc1cc(C(=O)NC2(C)CCOC2)ccn1. The maximum atomic E-state index is 12.1. The zero-order valence-electron chi connectivity index (χ0n) is 10.1. The van der Waals surface area contributed by atoms with Gasteiger partial charge in [0.05, 0.1) is 12.1 Å². The third kappa shape index (κ3) is 2.74. The third-order valence-corrected chi connectivity index (χ3v) is 2.91. The first-order valence-electron chi connectivity index (χ1n) is 5.67. The fourth-order valence-corrected chi connectivity index (χ4v) is 1.82. The van der Waals surface area contributed by atoms with Gasteiger partial charge < -0.3 is 15.4 Å². The van der Waals surface area contributed by atoms with E-state index in [1.807, 2.05) is 6.92 Å². The summed E-state index contributed by atoms with van der Waals surface area (Å²) in [5.74, 6) is 0.599. The van der Waals surface area contributed by atoms with Gasteiger partial charge in [0.1, 0.15) is 5.82 Å². The summed E-state index contributed by atoms with van der Waals surface area (Å²) in [4.78, 5) is 16.1. The quantitative estimate of drug-likeness (QED) is 0.821. The second-order valence-corrected chi connectivity index (χ2v) is 4.50. The van der Waals surface area contributed by atoms with Crippen molar-refractivity contribution in [3.8, 4) is 0 Å². The molecule has 0 spiro atoms. The highest BCUT2D eigenvalue weighted by molar-refractivity contribution is 5.95. The van der Waals surface area contributed by atoms with Crippen LogP contribution in [-0.2, 0) is 4.74 Å². The Morgan fingerprint density at radius 2 is 2.41 bits per heavy atom. The lowest BCUT2D eigenvalue weighted by Gasteiger charge is -2.23. The summed E-state index contributed by atoms with van der Waals surface area (Å²) < 4.78 is 5.30. The van der Waals surface area contributed by atoms with E-state index in [4.69, 9.17) is 4.74 Å². The number of ether oxygens (including phenoxy) is 1. The normalized spacial score (nSPS) is 23.4. The number of carbonyl (C=O) groups excluding carboxylic acids is 1. The predicted molar refractivity (Wildman–Crippen MR) is 65.1 cm³/mol. The number of hydrogen-bond donors (Lipinski definition) is 2. The molecule has 2 rings (SSSR count). The zero-order chi connectivity index (χ0) is 12.3. The Balaban J connectivity index is 2.08. The van der Waals surface area contributed by atoms with E-state index >= 15 is 0 Å². The van der Waals surface area contributed by atoms with Gasteiger partial charge >= 0.3 is 0 Å². The van der Waals surface area contributed by atoms with Gasteiger partial charge in [0.25, 0.3) is 5.91 Å². The first-order chi connectivity index (χ1) is 8.13. The Hall–Kier alpha value is -1.62. The van der Waals surface area contributed by atoms with E-state index in [1.54, 1.807) is 25.4 Å². The van der Waals surface area contributed by atoms with Crippen LogP contribution in [-0.4, -0.2) is 36.7 Å². The van der Waals surface area contributed by atoms with Crippen molar-refractivity contribution < 1.29 is 9.53 Å². The minimum Gasteiger partial charge on any atom is -0.379 e. The average molecular weight is 235 g/mol. The van der Waals surface area contributed by atoms with Crippen LogP contribution in [0.5, 0.6) is 0 Å². The monoisotopic (exact) mass is 235 g/mol. The number of rotatable bonds is 3. The van der Waals surface area contributed by atoms with Gasteiger partial charge in [0.2, 0.25) is 0 Å². The van der Waals surface area contributed by atoms with E-state index in [-0.39, 0.29) is 11.4 Å². The molecule has 0 aliphatic carbocycles. The Labute approximate surface area is 101 Å². The minimum atomic E-state index is -0.250. The highest BCUT2D eigenvalue weighted by Gasteiger charge is 2.31. The van der Waals surface area contributed by atoms with Gasteiger partial charge in [0, 0.05) is 25.4 Å². The van der Waals surface area contributed by atoms with E-state index in [2.05, 4.69) is 15.6 Å². The van der Waals surface area contributed by atoms with Crippen molar-refractivity contribution in [3.63, 3.8) is 0 Å². The molecule has 0 saturated carbocycles. The van der Waals surface area contributed by atoms with Crippen molar-refractivity contribution in [1.82, 2.24) is 10.3 Å². The Kier molecular flexibility index (Phi) is 3.28. The molecular weight excluding hydrogens is 218 g/mol. The molecule has 0 aromatic carbocycles. The molecule has 1 amide bonds. The van der Waals surface area contributed by atoms with E-state index < -0.39 is 0 Å². The summed E-state index contributed by atoms with van der Waals surface area (Å²) in [6.07, 6.45) is 2.47. The molecule has 1 aliphatic heterocycles. The molecule has 5 nitrogen and oxygen atoms in total. The van der Waals surface area contributed by atoms with Crippen LogP contribution in [0.3, 0.4) is 0 Å². The van der Waals surface area contributed by atoms with Crippen LogP contribution in [0.25, 0.3) is 0 Å². The van der Waals surface area contributed by atoms with Crippen LogP contribution in [0.1, 0.15) is 23.7 Å². The van der Waals surface area contributed by atoms with Crippen molar-refractivity contribution in [2.45, 2.75) is 18.9 Å². The molecule has 1 aliphatic rings. The number of hydrogen-bond acceptors (Lipinski definition) is 4. The molecule has 1 aromatic rings. The van der Waals surface area contributed by atoms with Gasteiger partial charge in [0.15, 0.2) is 0 Å². The Morgan fingerprint density at radius 1 is 1.59 bits per heavy atom. The van der Waals surface area contributed by atoms with E-state index in [1.165, 1.54) is 0 Å². The first-order valence-corrected chi connectivity index (χ1v) is 5.67. The summed E-state index contributed by atoms with van der Waals surface area (Å²) in [6.45, 7) is 3.27. The molecule has 1 atom stereocenters. The van der Waals surface area contributed by atoms with Crippen LogP contribution in [0.4, 0.5) is 5.82 Å². The van der Waals surface area contributed by atoms with Gasteiger partial charge in [-0.2, -0.15) is 0 Å². The Bertz CT molecular complexity index is 414. The summed E-state index contributed by atoms with van der Waals surface area (Å²) in [5.41, 5.74) is 0.359. The summed E-state index contributed by atoms with van der Waals surface area (Å²) in [7, 11) is 1.77. The molecule has 17 heavy (non-hydrogen) atoms. The van der Waals surface area contributed by atoms with Crippen molar-refractivity contribution in [3.05, 3.63) is 23.9 Å². The number of anilines is 1. The van der Waals surface area contributed by atoms with E-state index in [9.17, 15) is 4.79 Å². The first kappa shape index (κ1) is 11.9. The van der Waals surface area contributed by atoms with Crippen LogP contribution in [0.2, 0.25) is 0 Å². The van der Waals surface area contributed by atoms with Crippen LogP contribution >= 0.6 is 0 Å². The third-order valence-electron chi connectivity index (χ3n) is 2.91. The lowest BCUT2D eigenvalue weighted by Crippen LogP contribution is -2.46. The maximum absolute atomic E-state index is 12.1. The molecule has 1 saturated heterocycles. The Morgan fingerprint density at radius 3 is 3.06 bits per heavy atom. The molecule has 1 fully saturated rings. The smallest absolute Gasteiger partial charge is 0.251 e. The average Bonchev–Trinajstić information content (AvgIpc) is 2.76. The number of carbonyl (C=O) groups is 1. The molecule has 1 aromatic heterocycles. The standard InChI is InChI=1S/C12H17N3O2/c1-12(4-6-17-8-12)15-11(16)9-3-5-14-10(7-9)13-2/h3,5,7H,4,6,8H2,1-2H3,(H,13,14)(H,15,16). The molecule has 5 heteroatoms. The van der Waals surface area contributed by atoms with Crippen molar-refractivity contribution in [2.75, 3.05) is 25.6 Å². The van der Waals surface area contributed by atoms with Crippen LogP contribution in [0.15, 0.2) is 18.3 Å². The molecule has 1 unspecified atom stereocenters.